The van der Waals surface area contributed by atoms with Crippen molar-refractivity contribution in [1.82, 2.24) is 4.57 Å². The number of aryl methyl sites for hydroxylation is 1. The number of methoxy groups -OCH3 is 1. The average Bonchev–Trinajstić information content (AvgIpc) is 2.94. The number of phenols is 1. The van der Waals surface area contributed by atoms with Crippen molar-refractivity contribution in [2.75, 3.05) is 7.11 Å². The van der Waals surface area contributed by atoms with E-state index in [1.54, 1.807) is 31.5 Å². The minimum atomic E-state index is 0.214. The number of aliphatic imine (C=N–C) groups is 1. The van der Waals surface area contributed by atoms with Crippen LogP contribution in [0.25, 0.3) is 5.69 Å². The monoisotopic (exact) mass is 306 g/mol. The van der Waals surface area contributed by atoms with Crippen molar-refractivity contribution in [1.29, 1.82) is 0 Å². The van der Waals surface area contributed by atoms with Crippen molar-refractivity contribution < 1.29 is 9.84 Å². The van der Waals surface area contributed by atoms with Crippen LogP contribution in [0.3, 0.4) is 0 Å². The smallest absolute Gasteiger partial charge is 0.119 e. The molecule has 1 heterocycles. The number of nitrogens with zero attached hydrogens (tertiary/aromatic N) is 2. The van der Waals surface area contributed by atoms with E-state index in [4.69, 9.17) is 4.74 Å². The lowest BCUT2D eigenvalue weighted by atomic mass is 10.3. The van der Waals surface area contributed by atoms with Crippen molar-refractivity contribution >= 4 is 11.9 Å². The molecule has 0 aliphatic carbocycles. The second-order valence-corrected chi connectivity index (χ2v) is 5.26. The van der Waals surface area contributed by atoms with Crippen LogP contribution in [-0.4, -0.2) is 23.0 Å². The first kappa shape index (κ1) is 14.9. The predicted molar refractivity (Wildman–Crippen MR) is 92.4 cm³/mol. The molecule has 1 N–H and O–H groups in total. The van der Waals surface area contributed by atoms with Crippen molar-refractivity contribution in [3.05, 3.63) is 72.1 Å². The number of phenolic OH excluding ortho intramolecular Hbond substituents is 1. The molecular weight excluding hydrogens is 288 g/mol. The highest BCUT2D eigenvalue weighted by atomic mass is 16.5. The Morgan fingerprint density at radius 2 is 1.87 bits per heavy atom. The molecule has 0 aliphatic heterocycles. The molecule has 2 aromatic carbocycles. The van der Waals surface area contributed by atoms with E-state index >= 15 is 0 Å². The molecule has 0 saturated carbocycles. The van der Waals surface area contributed by atoms with Gasteiger partial charge >= 0.3 is 0 Å². The molecule has 0 unspecified atom stereocenters. The van der Waals surface area contributed by atoms with Crippen LogP contribution in [0.1, 0.15) is 11.3 Å². The summed E-state index contributed by atoms with van der Waals surface area (Å²) in [6.45, 7) is 2.05. The summed E-state index contributed by atoms with van der Waals surface area (Å²) in [6.07, 6.45) is 3.82. The lowest BCUT2D eigenvalue weighted by Gasteiger charge is -2.06. The van der Waals surface area contributed by atoms with Gasteiger partial charge in [0.2, 0.25) is 0 Å². The van der Waals surface area contributed by atoms with Gasteiger partial charge in [-0.15, -0.1) is 0 Å². The summed E-state index contributed by atoms with van der Waals surface area (Å²) in [6, 6.07) is 16.9. The third-order valence-corrected chi connectivity index (χ3v) is 3.58. The van der Waals surface area contributed by atoms with Crippen LogP contribution < -0.4 is 4.74 Å². The molecule has 0 saturated heterocycles. The normalized spacial score (nSPS) is 11.0. The fourth-order valence-electron chi connectivity index (χ4n) is 2.41. The topological polar surface area (TPSA) is 46.8 Å². The van der Waals surface area contributed by atoms with Crippen LogP contribution >= 0.6 is 0 Å². The van der Waals surface area contributed by atoms with Crippen LogP contribution in [0.2, 0.25) is 0 Å². The van der Waals surface area contributed by atoms with Gasteiger partial charge in [-0.1, -0.05) is 6.07 Å². The van der Waals surface area contributed by atoms with Gasteiger partial charge in [-0.25, -0.2) is 0 Å². The highest BCUT2D eigenvalue weighted by Crippen LogP contribution is 2.20. The van der Waals surface area contributed by atoms with E-state index in [0.29, 0.717) is 0 Å². The molecule has 0 atom stereocenters. The summed E-state index contributed by atoms with van der Waals surface area (Å²) >= 11 is 0. The molecular formula is C19H18N2O2. The van der Waals surface area contributed by atoms with Gasteiger partial charge in [0, 0.05) is 35.4 Å². The molecule has 0 bridgehead atoms. The first-order chi connectivity index (χ1) is 11.2. The van der Waals surface area contributed by atoms with E-state index < -0.39 is 0 Å². The van der Waals surface area contributed by atoms with Gasteiger partial charge in [0.1, 0.15) is 11.5 Å². The highest BCUT2D eigenvalue weighted by Gasteiger charge is 2.03. The van der Waals surface area contributed by atoms with E-state index in [-0.39, 0.29) is 5.75 Å². The largest absolute Gasteiger partial charge is 0.508 e. The summed E-state index contributed by atoms with van der Waals surface area (Å²) in [5.41, 5.74) is 3.91. The second kappa shape index (κ2) is 6.40. The van der Waals surface area contributed by atoms with Crippen LogP contribution in [0, 0.1) is 6.92 Å². The van der Waals surface area contributed by atoms with Gasteiger partial charge in [-0.05, 0) is 49.4 Å². The molecule has 0 amide bonds. The van der Waals surface area contributed by atoms with Crippen molar-refractivity contribution in [2.45, 2.75) is 6.92 Å². The molecule has 3 aromatic rings. The van der Waals surface area contributed by atoms with Crippen LogP contribution in [0.5, 0.6) is 11.5 Å². The molecule has 3 rings (SSSR count). The summed E-state index contributed by atoms with van der Waals surface area (Å²) < 4.78 is 7.29. The van der Waals surface area contributed by atoms with E-state index in [1.165, 1.54) is 0 Å². The van der Waals surface area contributed by atoms with E-state index in [9.17, 15) is 5.11 Å². The van der Waals surface area contributed by atoms with E-state index in [0.717, 1.165) is 28.4 Å². The summed E-state index contributed by atoms with van der Waals surface area (Å²) in [5, 5.41) is 9.46. The molecule has 1 aromatic heterocycles. The lowest BCUT2D eigenvalue weighted by molar-refractivity contribution is 0.414. The molecule has 4 heteroatoms. The second-order valence-electron chi connectivity index (χ2n) is 5.26. The minimum Gasteiger partial charge on any atom is -0.508 e. The van der Waals surface area contributed by atoms with Gasteiger partial charge in [-0.3, -0.25) is 4.99 Å². The summed E-state index contributed by atoms with van der Waals surface area (Å²) in [5.74, 6) is 1.05. The number of ether oxygens (including phenoxy) is 1. The van der Waals surface area contributed by atoms with Gasteiger partial charge in [0.05, 0.1) is 12.8 Å². The molecule has 0 aliphatic rings. The quantitative estimate of drug-likeness (QED) is 0.732. The molecule has 0 fully saturated rings. The molecule has 0 radical (unpaired) electrons. The zero-order valence-corrected chi connectivity index (χ0v) is 13.1. The number of benzene rings is 2. The van der Waals surface area contributed by atoms with Gasteiger partial charge < -0.3 is 14.4 Å². The maximum atomic E-state index is 9.46. The standard InChI is InChI=1S/C19H18N2O2/c1-14-10-15(12-20-16-4-3-5-18(22)11-16)13-21(14)17-6-8-19(23-2)9-7-17/h3-13,22H,1-2H3. The van der Waals surface area contributed by atoms with Crippen LogP contribution in [0.15, 0.2) is 65.8 Å². The van der Waals surface area contributed by atoms with Crippen molar-refractivity contribution in [3.8, 4) is 17.2 Å². The zero-order chi connectivity index (χ0) is 16.2. The number of aromatic hydroxyl groups is 1. The minimum absolute atomic E-state index is 0.214. The third-order valence-electron chi connectivity index (χ3n) is 3.58. The van der Waals surface area contributed by atoms with Gasteiger partial charge in [-0.2, -0.15) is 0 Å². The molecule has 0 spiro atoms. The lowest BCUT2D eigenvalue weighted by Crippen LogP contribution is -1.94. The third kappa shape index (κ3) is 3.43. The first-order valence-corrected chi connectivity index (χ1v) is 7.32. The average molecular weight is 306 g/mol. The Morgan fingerprint density at radius 3 is 2.57 bits per heavy atom. The fourth-order valence-corrected chi connectivity index (χ4v) is 2.41. The Bertz CT molecular complexity index is 833. The van der Waals surface area contributed by atoms with E-state index in [1.807, 2.05) is 36.5 Å². The molecule has 116 valence electrons. The molecule has 4 nitrogen and oxygen atoms in total. The zero-order valence-electron chi connectivity index (χ0n) is 13.1. The number of hydrogen-bond donors (Lipinski definition) is 1. The van der Waals surface area contributed by atoms with Crippen LogP contribution in [0.4, 0.5) is 5.69 Å². The number of rotatable bonds is 4. The Hall–Kier alpha value is -3.01. The summed E-state index contributed by atoms with van der Waals surface area (Å²) in [7, 11) is 1.66. The molecule has 23 heavy (non-hydrogen) atoms. The number of aromatic nitrogens is 1. The SMILES string of the molecule is COc1ccc(-n2cc(C=Nc3cccc(O)c3)cc2C)cc1. The maximum absolute atomic E-state index is 9.46. The predicted octanol–water partition coefficient (Wildman–Crippen LogP) is 4.25. The first-order valence-electron chi connectivity index (χ1n) is 7.32. The van der Waals surface area contributed by atoms with Crippen LogP contribution in [-0.2, 0) is 0 Å². The van der Waals surface area contributed by atoms with Gasteiger partial charge in [0.25, 0.3) is 0 Å². The Balaban J connectivity index is 1.85. The van der Waals surface area contributed by atoms with E-state index in [2.05, 4.69) is 22.5 Å². The fraction of sp³-hybridized carbons (Fsp3) is 0.105. The van der Waals surface area contributed by atoms with Crippen molar-refractivity contribution in [3.63, 3.8) is 0 Å². The van der Waals surface area contributed by atoms with Gasteiger partial charge in [0.15, 0.2) is 0 Å². The Labute approximate surface area is 135 Å². The number of hydrogen-bond acceptors (Lipinski definition) is 3. The Kier molecular flexibility index (Phi) is 4.15. The summed E-state index contributed by atoms with van der Waals surface area (Å²) in [4.78, 5) is 4.39. The highest BCUT2D eigenvalue weighted by molar-refractivity contribution is 5.82. The Morgan fingerprint density at radius 1 is 1.09 bits per heavy atom. The van der Waals surface area contributed by atoms with Crippen molar-refractivity contribution in [2.24, 2.45) is 4.99 Å². The maximum Gasteiger partial charge on any atom is 0.119 e.